The van der Waals surface area contributed by atoms with Crippen molar-refractivity contribution in [1.29, 1.82) is 0 Å². The SMILES string of the molecule is COc1cc(C(=O)N2[C@@H](c3ccccn3)[C@H](C(=O)O)C[C@@]2(CC(C)C)C(=O)O)ccc1C(C)(C)C. The normalized spacial score (nSPS) is 22.3. The second kappa shape index (κ2) is 9.68. The minimum absolute atomic E-state index is 0.101. The third kappa shape index (κ3) is 4.88. The maximum atomic E-state index is 14.1. The Hall–Kier alpha value is -3.42. The van der Waals surface area contributed by atoms with E-state index in [1.807, 2.05) is 34.6 Å². The van der Waals surface area contributed by atoms with Gasteiger partial charge in [-0.15, -0.1) is 0 Å². The van der Waals surface area contributed by atoms with E-state index in [4.69, 9.17) is 4.74 Å². The zero-order chi connectivity index (χ0) is 26.1. The highest BCUT2D eigenvalue weighted by Crippen LogP contribution is 2.50. The lowest BCUT2D eigenvalue weighted by Gasteiger charge is -2.39. The monoisotopic (exact) mass is 482 g/mol. The third-order valence-electron chi connectivity index (χ3n) is 6.61. The van der Waals surface area contributed by atoms with E-state index in [9.17, 15) is 24.6 Å². The molecule has 35 heavy (non-hydrogen) atoms. The molecule has 0 radical (unpaired) electrons. The Morgan fingerprint density at radius 2 is 1.86 bits per heavy atom. The number of carbonyl (C=O) groups excluding carboxylic acids is 1. The van der Waals surface area contributed by atoms with Crippen molar-refractivity contribution in [3.05, 3.63) is 59.4 Å². The molecule has 0 aliphatic carbocycles. The Labute approximate surface area is 205 Å². The molecule has 1 aliphatic rings. The van der Waals surface area contributed by atoms with Gasteiger partial charge in [0.15, 0.2) is 0 Å². The summed E-state index contributed by atoms with van der Waals surface area (Å²) in [6.45, 7) is 9.80. The van der Waals surface area contributed by atoms with Gasteiger partial charge in [-0.1, -0.05) is 46.8 Å². The molecule has 3 atom stereocenters. The van der Waals surface area contributed by atoms with Gasteiger partial charge in [0.1, 0.15) is 11.3 Å². The number of carboxylic acid groups (broad SMARTS) is 2. The van der Waals surface area contributed by atoms with E-state index in [1.54, 1.807) is 36.4 Å². The molecule has 0 bridgehead atoms. The van der Waals surface area contributed by atoms with Crippen molar-refractivity contribution >= 4 is 17.8 Å². The van der Waals surface area contributed by atoms with Crippen molar-refractivity contribution in [2.75, 3.05) is 7.11 Å². The summed E-state index contributed by atoms with van der Waals surface area (Å²) in [5.41, 5.74) is -0.468. The number of aliphatic carboxylic acids is 2. The van der Waals surface area contributed by atoms with Gasteiger partial charge >= 0.3 is 11.9 Å². The second-order valence-corrected chi connectivity index (χ2v) is 10.6. The largest absolute Gasteiger partial charge is 0.496 e. The predicted molar refractivity (Wildman–Crippen MR) is 130 cm³/mol. The maximum absolute atomic E-state index is 14.1. The van der Waals surface area contributed by atoms with E-state index in [1.165, 1.54) is 18.2 Å². The Morgan fingerprint density at radius 1 is 1.17 bits per heavy atom. The zero-order valence-electron chi connectivity index (χ0n) is 21.1. The summed E-state index contributed by atoms with van der Waals surface area (Å²) < 4.78 is 5.57. The van der Waals surface area contributed by atoms with Gasteiger partial charge in [-0.2, -0.15) is 0 Å². The van der Waals surface area contributed by atoms with E-state index in [0.29, 0.717) is 11.4 Å². The highest BCUT2D eigenvalue weighted by Gasteiger charge is 2.61. The molecule has 2 heterocycles. The molecule has 2 aromatic rings. The number of carbonyl (C=O) groups is 3. The van der Waals surface area contributed by atoms with Gasteiger partial charge in [0.2, 0.25) is 0 Å². The maximum Gasteiger partial charge on any atom is 0.329 e. The number of amides is 1. The molecule has 1 amide bonds. The lowest BCUT2D eigenvalue weighted by molar-refractivity contribution is -0.150. The topological polar surface area (TPSA) is 117 Å². The standard InChI is InChI=1S/C27H34N2O6/c1-16(2)14-27(25(33)34)15-18(24(31)32)22(20-9-7-8-12-28-20)29(27)23(30)17-10-11-19(26(3,4)5)21(13-17)35-6/h7-13,16,18,22H,14-15H2,1-6H3,(H,31,32)(H,33,34)/t18-,22-,27+/m1/s1. The number of likely N-dealkylation sites (tertiary alicyclic amines) is 1. The van der Waals surface area contributed by atoms with Crippen LogP contribution in [0.4, 0.5) is 0 Å². The number of aromatic nitrogens is 1. The Kier molecular flexibility index (Phi) is 7.24. The summed E-state index contributed by atoms with van der Waals surface area (Å²) in [5.74, 6) is -3.66. The second-order valence-electron chi connectivity index (χ2n) is 10.6. The number of benzene rings is 1. The number of nitrogens with zero attached hydrogens (tertiary/aromatic N) is 2. The molecule has 8 heteroatoms. The summed E-state index contributed by atoms with van der Waals surface area (Å²) in [5, 5.41) is 20.6. The van der Waals surface area contributed by atoms with Crippen molar-refractivity contribution in [2.45, 2.75) is 64.5 Å². The summed E-state index contributed by atoms with van der Waals surface area (Å²) in [6.07, 6.45) is 1.42. The first kappa shape index (κ1) is 26.2. The van der Waals surface area contributed by atoms with Gasteiger partial charge in [-0.25, -0.2) is 4.79 Å². The first-order valence-electron chi connectivity index (χ1n) is 11.7. The highest BCUT2D eigenvalue weighted by molar-refractivity contribution is 6.00. The Morgan fingerprint density at radius 3 is 2.34 bits per heavy atom. The lowest BCUT2D eigenvalue weighted by atomic mass is 9.83. The molecule has 1 saturated heterocycles. The molecule has 2 N–H and O–H groups in total. The third-order valence-corrected chi connectivity index (χ3v) is 6.61. The van der Waals surface area contributed by atoms with E-state index in [0.717, 1.165) is 5.56 Å². The number of ether oxygens (including phenoxy) is 1. The quantitative estimate of drug-likeness (QED) is 0.595. The predicted octanol–water partition coefficient (Wildman–Crippen LogP) is 4.55. The fourth-order valence-corrected chi connectivity index (χ4v) is 5.17. The number of carboxylic acids is 2. The van der Waals surface area contributed by atoms with Crippen LogP contribution in [-0.2, 0) is 15.0 Å². The van der Waals surface area contributed by atoms with Crippen LogP contribution in [0.1, 0.15) is 75.1 Å². The average Bonchev–Trinajstić information content (AvgIpc) is 3.14. The van der Waals surface area contributed by atoms with Crippen molar-refractivity contribution in [1.82, 2.24) is 9.88 Å². The number of pyridine rings is 1. The van der Waals surface area contributed by atoms with Crippen LogP contribution in [0.25, 0.3) is 0 Å². The molecular weight excluding hydrogens is 448 g/mol. The number of rotatable bonds is 7. The van der Waals surface area contributed by atoms with Crippen LogP contribution in [0.15, 0.2) is 42.6 Å². The number of hydrogen-bond acceptors (Lipinski definition) is 5. The fraction of sp³-hybridized carbons (Fsp3) is 0.481. The van der Waals surface area contributed by atoms with Crippen LogP contribution < -0.4 is 4.74 Å². The zero-order valence-corrected chi connectivity index (χ0v) is 21.1. The Balaban J connectivity index is 2.25. The summed E-state index contributed by atoms with van der Waals surface area (Å²) in [7, 11) is 1.52. The summed E-state index contributed by atoms with van der Waals surface area (Å²) in [6, 6.07) is 9.05. The van der Waals surface area contributed by atoms with Crippen LogP contribution in [0.5, 0.6) is 5.75 Å². The van der Waals surface area contributed by atoms with Gasteiger partial charge in [0.05, 0.1) is 24.8 Å². The van der Waals surface area contributed by atoms with Gasteiger partial charge in [0.25, 0.3) is 5.91 Å². The summed E-state index contributed by atoms with van der Waals surface area (Å²) in [4.78, 5) is 44.9. The first-order valence-corrected chi connectivity index (χ1v) is 11.7. The molecule has 1 aromatic carbocycles. The van der Waals surface area contributed by atoms with Crippen molar-refractivity contribution in [3.8, 4) is 5.75 Å². The molecule has 3 rings (SSSR count). The van der Waals surface area contributed by atoms with Crippen LogP contribution in [-0.4, -0.2) is 50.6 Å². The van der Waals surface area contributed by atoms with Crippen LogP contribution >= 0.6 is 0 Å². The fourth-order valence-electron chi connectivity index (χ4n) is 5.17. The summed E-state index contributed by atoms with van der Waals surface area (Å²) >= 11 is 0. The van der Waals surface area contributed by atoms with Crippen molar-refractivity contribution < 1.29 is 29.3 Å². The molecule has 8 nitrogen and oxygen atoms in total. The molecule has 0 unspecified atom stereocenters. The Bertz CT molecular complexity index is 1110. The van der Waals surface area contributed by atoms with E-state index in [2.05, 4.69) is 4.98 Å². The van der Waals surface area contributed by atoms with Crippen molar-refractivity contribution in [2.24, 2.45) is 11.8 Å². The highest BCUT2D eigenvalue weighted by atomic mass is 16.5. The van der Waals surface area contributed by atoms with E-state index in [-0.39, 0.29) is 29.7 Å². The van der Waals surface area contributed by atoms with Crippen LogP contribution in [0.2, 0.25) is 0 Å². The van der Waals surface area contributed by atoms with Crippen molar-refractivity contribution in [3.63, 3.8) is 0 Å². The lowest BCUT2D eigenvalue weighted by Crippen LogP contribution is -2.54. The molecule has 1 fully saturated rings. The van der Waals surface area contributed by atoms with Gasteiger partial charge < -0.3 is 19.8 Å². The molecule has 1 aliphatic heterocycles. The number of hydrogen-bond donors (Lipinski definition) is 2. The molecule has 0 spiro atoms. The molecular formula is C27H34N2O6. The van der Waals surface area contributed by atoms with Gasteiger partial charge in [0, 0.05) is 11.8 Å². The minimum Gasteiger partial charge on any atom is -0.496 e. The first-order chi connectivity index (χ1) is 16.3. The molecule has 188 valence electrons. The average molecular weight is 483 g/mol. The van der Waals surface area contributed by atoms with E-state index >= 15 is 0 Å². The van der Waals surface area contributed by atoms with E-state index < -0.39 is 35.3 Å². The smallest absolute Gasteiger partial charge is 0.329 e. The van der Waals surface area contributed by atoms with Gasteiger partial charge in [-0.3, -0.25) is 14.6 Å². The van der Waals surface area contributed by atoms with Crippen LogP contribution in [0, 0.1) is 11.8 Å². The molecule has 1 aromatic heterocycles. The van der Waals surface area contributed by atoms with Gasteiger partial charge in [-0.05, 0) is 54.0 Å². The minimum atomic E-state index is -1.70. The molecule has 0 saturated carbocycles. The number of methoxy groups -OCH3 is 1. The van der Waals surface area contributed by atoms with Crippen LogP contribution in [0.3, 0.4) is 0 Å².